The van der Waals surface area contributed by atoms with Crippen molar-refractivity contribution in [2.75, 3.05) is 7.11 Å². The van der Waals surface area contributed by atoms with Crippen LogP contribution in [-0.2, 0) is 10.9 Å². The van der Waals surface area contributed by atoms with Crippen molar-refractivity contribution < 1.29 is 27.2 Å². The molecule has 9 heteroatoms. The SMILES string of the molecule is COC(=O)c1ccc(-c2noc(C(F)(F)F)n2)s1. The third-order valence-corrected chi connectivity index (χ3v) is 2.94. The van der Waals surface area contributed by atoms with Gasteiger partial charge < -0.3 is 9.26 Å². The van der Waals surface area contributed by atoms with Gasteiger partial charge in [-0.05, 0) is 12.1 Å². The summed E-state index contributed by atoms with van der Waals surface area (Å²) in [7, 11) is 1.21. The monoisotopic (exact) mass is 278 g/mol. The summed E-state index contributed by atoms with van der Waals surface area (Å²) in [5.41, 5.74) is 0. The number of aromatic nitrogens is 2. The Morgan fingerprint density at radius 1 is 1.44 bits per heavy atom. The Balaban J connectivity index is 2.30. The maximum atomic E-state index is 12.2. The van der Waals surface area contributed by atoms with E-state index in [0.29, 0.717) is 0 Å². The van der Waals surface area contributed by atoms with Crippen molar-refractivity contribution in [3.05, 3.63) is 22.9 Å². The number of methoxy groups -OCH3 is 1. The normalized spacial score (nSPS) is 11.6. The van der Waals surface area contributed by atoms with Crippen LogP contribution >= 0.6 is 11.3 Å². The summed E-state index contributed by atoms with van der Waals surface area (Å²) in [5.74, 6) is -2.22. The number of ether oxygens (including phenoxy) is 1. The summed E-state index contributed by atoms with van der Waals surface area (Å²) < 4.78 is 45.3. The van der Waals surface area contributed by atoms with Crippen LogP contribution in [0.2, 0.25) is 0 Å². The van der Waals surface area contributed by atoms with Gasteiger partial charge in [0.1, 0.15) is 4.88 Å². The minimum absolute atomic E-state index is 0.220. The van der Waals surface area contributed by atoms with E-state index < -0.39 is 18.0 Å². The quantitative estimate of drug-likeness (QED) is 0.790. The molecule has 0 aliphatic heterocycles. The maximum Gasteiger partial charge on any atom is 0.471 e. The standard InChI is InChI=1S/C9H5F3N2O3S/c1-16-7(15)5-3-2-4(18-5)6-13-8(17-14-6)9(10,11)12/h2-3H,1H3. The Bertz CT molecular complexity index is 576. The average Bonchev–Trinajstić information content (AvgIpc) is 2.94. The highest BCUT2D eigenvalue weighted by Crippen LogP contribution is 2.31. The van der Waals surface area contributed by atoms with E-state index in [1.165, 1.54) is 19.2 Å². The van der Waals surface area contributed by atoms with E-state index in [0.717, 1.165) is 11.3 Å². The van der Waals surface area contributed by atoms with Gasteiger partial charge in [-0.3, -0.25) is 0 Å². The zero-order valence-corrected chi connectivity index (χ0v) is 9.63. The number of halogens is 3. The van der Waals surface area contributed by atoms with E-state index in [-0.39, 0.29) is 15.6 Å². The minimum atomic E-state index is -4.69. The van der Waals surface area contributed by atoms with Crippen LogP contribution < -0.4 is 0 Å². The molecular weight excluding hydrogens is 273 g/mol. The van der Waals surface area contributed by atoms with Crippen LogP contribution in [0.5, 0.6) is 0 Å². The Morgan fingerprint density at radius 3 is 2.72 bits per heavy atom. The fraction of sp³-hybridized carbons (Fsp3) is 0.222. The van der Waals surface area contributed by atoms with Gasteiger partial charge in [0.25, 0.3) is 0 Å². The fourth-order valence-electron chi connectivity index (χ4n) is 1.11. The second-order valence-electron chi connectivity index (χ2n) is 3.08. The molecule has 0 spiro atoms. The zero-order valence-electron chi connectivity index (χ0n) is 8.82. The highest BCUT2D eigenvalue weighted by atomic mass is 32.1. The van der Waals surface area contributed by atoms with Crippen molar-refractivity contribution in [3.63, 3.8) is 0 Å². The molecule has 0 unspecified atom stereocenters. The molecule has 0 saturated heterocycles. The molecule has 0 saturated carbocycles. The van der Waals surface area contributed by atoms with Gasteiger partial charge in [-0.25, -0.2) is 4.79 Å². The molecule has 2 heterocycles. The number of carbonyl (C=O) groups is 1. The van der Waals surface area contributed by atoms with Gasteiger partial charge >= 0.3 is 18.0 Å². The lowest BCUT2D eigenvalue weighted by molar-refractivity contribution is -0.159. The first-order valence-electron chi connectivity index (χ1n) is 4.51. The van der Waals surface area contributed by atoms with Crippen LogP contribution in [0.15, 0.2) is 16.7 Å². The topological polar surface area (TPSA) is 65.2 Å². The van der Waals surface area contributed by atoms with Crippen molar-refractivity contribution in [3.8, 4) is 10.7 Å². The van der Waals surface area contributed by atoms with Crippen LogP contribution in [0.25, 0.3) is 10.7 Å². The molecule has 18 heavy (non-hydrogen) atoms. The van der Waals surface area contributed by atoms with Crippen molar-refractivity contribution in [1.29, 1.82) is 0 Å². The molecule has 0 bridgehead atoms. The van der Waals surface area contributed by atoms with E-state index >= 15 is 0 Å². The Morgan fingerprint density at radius 2 is 2.17 bits per heavy atom. The number of alkyl halides is 3. The molecule has 0 radical (unpaired) electrons. The summed E-state index contributed by atoms with van der Waals surface area (Å²) >= 11 is 0.916. The molecule has 96 valence electrons. The maximum absolute atomic E-state index is 12.2. The number of carbonyl (C=O) groups excluding carboxylic acids is 1. The molecule has 2 aromatic rings. The van der Waals surface area contributed by atoms with E-state index in [9.17, 15) is 18.0 Å². The molecule has 0 atom stereocenters. The predicted octanol–water partition coefficient (Wildman–Crippen LogP) is 2.60. The van der Waals surface area contributed by atoms with Crippen molar-refractivity contribution in [2.45, 2.75) is 6.18 Å². The molecule has 0 amide bonds. The number of thiophene rings is 1. The number of esters is 1. The smallest absolute Gasteiger partial charge is 0.465 e. The van der Waals surface area contributed by atoms with Crippen LogP contribution in [0, 0.1) is 0 Å². The van der Waals surface area contributed by atoms with Crippen LogP contribution in [-0.4, -0.2) is 23.2 Å². The predicted molar refractivity (Wildman–Crippen MR) is 54.0 cm³/mol. The second kappa shape index (κ2) is 4.41. The Labute approximate surface area is 102 Å². The first-order valence-corrected chi connectivity index (χ1v) is 5.33. The molecule has 0 N–H and O–H groups in total. The molecule has 0 aliphatic rings. The van der Waals surface area contributed by atoms with Gasteiger partial charge in [-0.15, -0.1) is 11.3 Å². The zero-order chi connectivity index (χ0) is 13.3. The summed E-state index contributed by atoms with van der Waals surface area (Å²) in [6.07, 6.45) is -4.69. The molecule has 2 aromatic heterocycles. The highest BCUT2D eigenvalue weighted by Gasteiger charge is 2.38. The van der Waals surface area contributed by atoms with Gasteiger partial charge in [0.15, 0.2) is 0 Å². The average molecular weight is 278 g/mol. The number of hydrogen-bond donors (Lipinski definition) is 0. The first kappa shape index (κ1) is 12.6. The van der Waals surface area contributed by atoms with Gasteiger partial charge in [0, 0.05) is 0 Å². The summed E-state index contributed by atoms with van der Waals surface area (Å²) in [5, 5.41) is 3.20. The highest BCUT2D eigenvalue weighted by molar-refractivity contribution is 7.17. The molecule has 0 aromatic carbocycles. The number of rotatable bonds is 2. The van der Waals surface area contributed by atoms with E-state index in [4.69, 9.17) is 0 Å². The van der Waals surface area contributed by atoms with E-state index in [2.05, 4.69) is 19.4 Å². The fourth-order valence-corrected chi connectivity index (χ4v) is 1.96. The molecule has 5 nitrogen and oxygen atoms in total. The minimum Gasteiger partial charge on any atom is -0.465 e. The Kier molecular flexibility index (Phi) is 3.07. The van der Waals surface area contributed by atoms with Gasteiger partial charge in [0.2, 0.25) is 5.82 Å². The largest absolute Gasteiger partial charge is 0.471 e. The molecule has 0 aliphatic carbocycles. The number of nitrogens with zero attached hydrogens (tertiary/aromatic N) is 2. The lowest BCUT2D eigenvalue weighted by Gasteiger charge is -1.95. The van der Waals surface area contributed by atoms with Crippen LogP contribution in [0.4, 0.5) is 13.2 Å². The van der Waals surface area contributed by atoms with Crippen molar-refractivity contribution in [1.82, 2.24) is 10.1 Å². The third-order valence-electron chi connectivity index (χ3n) is 1.88. The lowest BCUT2D eigenvalue weighted by atomic mass is 10.4. The molecule has 2 rings (SSSR count). The Hall–Kier alpha value is -1.90. The summed E-state index contributed by atoms with van der Waals surface area (Å²) in [6, 6.07) is 2.83. The molecular formula is C9H5F3N2O3S. The third kappa shape index (κ3) is 2.35. The molecule has 0 fully saturated rings. The summed E-state index contributed by atoms with van der Waals surface area (Å²) in [4.78, 5) is 14.9. The van der Waals surface area contributed by atoms with Crippen molar-refractivity contribution >= 4 is 17.3 Å². The second-order valence-corrected chi connectivity index (χ2v) is 4.16. The van der Waals surface area contributed by atoms with Crippen LogP contribution in [0.1, 0.15) is 15.6 Å². The van der Waals surface area contributed by atoms with Crippen molar-refractivity contribution in [2.24, 2.45) is 0 Å². The summed E-state index contributed by atoms with van der Waals surface area (Å²) in [6.45, 7) is 0. The lowest BCUT2D eigenvalue weighted by Crippen LogP contribution is -2.04. The van der Waals surface area contributed by atoms with Gasteiger partial charge in [-0.2, -0.15) is 18.2 Å². The van der Waals surface area contributed by atoms with Gasteiger partial charge in [-0.1, -0.05) is 5.16 Å². The van der Waals surface area contributed by atoms with E-state index in [1.807, 2.05) is 0 Å². The number of hydrogen-bond acceptors (Lipinski definition) is 6. The van der Waals surface area contributed by atoms with Gasteiger partial charge in [0.05, 0.1) is 12.0 Å². The first-order chi connectivity index (χ1) is 8.41. The van der Waals surface area contributed by atoms with E-state index in [1.54, 1.807) is 0 Å². The van der Waals surface area contributed by atoms with Crippen LogP contribution in [0.3, 0.4) is 0 Å².